The summed E-state index contributed by atoms with van der Waals surface area (Å²) in [6.45, 7) is 2.44. The normalized spacial score (nSPS) is 20.6. The fraction of sp³-hybridized carbons (Fsp3) is 0.308. The van der Waals surface area contributed by atoms with Crippen LogP contribution in [0.2, 0.25) is 0 Å². The molecule has 0 fully saturated rings. The predicted molar refractivity (Wildman–Crippen MR) is 73.3 cm³/mol. The molecule has 1 aliphatic rings. The van der Waals surface area contributed by atoms with Gasteiger partial charge < -0.3 is 11.1 Å². The number of nitrogens with two attached hydrogens (primary N) is 1. The van der Waals surface area contributed by atoms with E-state index in [4.69, 9.17) is 5.73 Å². The van der Waals surface area contributed by atoms with E-state index in [2.05, 4.69) is 5.32 Å². The van der Waals surface area contributed by atoms with Gasteiger partial charge in [0.1, 0.15) is 0 Å². The van der Waals surface area contributed by atoms with Crippen LogP contribution in [0.4, 0.5) is 0 Å². The summed E-state index contributed by atoms with van der Waals surface area (Å²) in [6, 6.07) is 5.09. The van der Waals surface area contributed by atoms with E-state index in [-0.39, 0.29) is 11.8 Å². The van der Waals surface area contributed by atoms with Crippen LogP contribution in [0.25, 0.3) is 0 Å². The molecule has 0 bridgehead atoms. The van der Waals surface area contributed by atoms with Crippen LogP contribution in [0.3, 0.4) is 0 Å². The van der Waals surface area contributed by atoms with Gasteiger partial charge in [0, 0.05) is 23.6 Å². The van der Waals surface area contributed by atoms with E-state index in [0.29, 0.717) is 12.1 Å². The van der Waals surface area contributed by atoms with Gasteiger partial charge in [-0.15, -0.1) is 0 Å². The summed E-state index contributed by atoms with van der Waals surface area (Å²) >= 11 is 0. The number of aryl methyl sites for hydroxylation is 1. The van der Waals surface area contributed by atoms with E-state index >= 15 is 0 Å². The summed E-state index contributed by atoms with van der Waals surface area (Å²) in [6.07, 6.45) is 1.66. The van der Waals surface area contributed by atoms with Gasteiger partial charge >= 0.3 is 0 Å². The van der Waals surface area contributed by atoms with Gasteiger partial charge in [0.2, 0.25) is 5.91 Å². The molecule has 5 nitrogen and oxygen atoms in total. The maximum absolute atomic E-state index is 11.3. The lowest BCUT2D eigenvalue weighted by atomic mass is 10.0. The first kappa shape index (κ1) is 13.8. The molecule has 1 unspecified atom stereocenters. The lowest BCUT2D eigenvalue weighted by molar-refractivity contribution is 0.1000. The lowest BCUT2D eigenvalue weighted by Crippen LogP contribution is -2.29. The highest BCUT2D eigenvalue weighted by molar-refractivity contribution is 7.94. The molecule has 3 N–H and O–H groups in total. The number of hydrogen-bond donors (Lipinski definition) is 2. The van der Waals surface area contributed by atoms with Crippen molar-refractivity contribution < 1.29 is 13.2 Å². The molecule has 19 heavy (non-hydrogen) atoms. The number of carbonyl (C=O) groups is 1. The Bertz CT molecular complexity index is 635. The third-order valence-electron chi connectivity index (χ3n) is 3.11. The Kier molecular flexibility index (Phi) is 3.73. The zero-order valence-electron chi connectivity index (χ0n) is 10.6. The second-order valence-electron chi connectivity index (χ2n) is 4.65. The van der Waals surface area contributed by atoms with Crippen molar-refractivity contribution in [2.75, 3.05) is 5.75 Å². The molecule has 2 rings (SSSR count). The topological polar surface area (TPSA) is 89.3 Å². The van der Waals surface area contributed by atoms with Crippen LogP contribution in [-0.2, 0) is 16.4 Å². The van der Waals surface area contributed by atoms with Crippen LogP contribution in [0.15, 0.2) is 29.7 Å². The summed E-state index contributed by atoms with van der Waals surface area (Å²) in [5.41, 5.74) is 7.65. The summed E-state index contributed by atoms with van der Waals surface area (Å²) in [5.74, 6) is -0.349. The van der Waals surface area contributed by atoms with E-state index in [0.717, 1.165) is 11.1 Å². The number of amides is 1. The monoisotopic (exact) mass is 280 g/mol. The highest BCUT2D eigenvalue weighted by Gasteiger charge is 2.21. The molecule has 1 atom stereocenters. The van der Waals surface area contributed by atoms with Crippen molar-refractivity contribution in [3.63, 3.8) is 0 Å². The van der Waals surface area contributed by atoms with Crippen LogP contribution in [0.1, 0.15) is 21.5 Å². The minimum atomic E-state index is -3.03. The second-order valence-corrected chi connectivity index (χ2v) is 6.58. The second kappa shape index (κ2) is 5.14. The van der Waals surface area contributed by atoms with Gasteiger partial charge in [-0.1, -0.05) is 12.1 Å². The number of carbonyl (C=O) groups excluding carboxylic acids is 1. The highest BCUT2D eigenvalue weighted by Crippen LogP contribution is 2.13. The molecule has 0 aliphatic carbocycles. The first-order valence-electron chi connectivity index (χ1n) is 5.91. The molecule has 0 radical (unpaired) electrons. The summed E-state index contributed by atoms with van der Waals surface area (Å²) in [7, 11) is -3.03. The van der Waals surface area contributed by atoms with Crippen molar-refractivity contribution in [2.45, 2.75) is 19.5 Å². The Morgan fingerprint density at radius 1 is 1.47 bits per heavy atom. The number of primary amides is 1. The Morgan fingerprint density at radius 3 is 2.74 bits per heavy atom. The average Bonchev–Trinajstić information content (AvgIpc) is 2.67. The number of hydrogen-bond acceptors (Lipinski definition) is 4. The van der Waals surface area contributed by atoms with Gasteiger partial charge in [-0.2, -0.15) is 0 Å². The zero-order valence-corrected chi connectivity index (χ0v) is 11.4. The van der Waals surface area contributed by atoms with Crippen molar-refractivity contribution in [3.05, 3.63) is 46.4 Å². The van der Waals surface area contributed by atoms with Crippen molar-refractivity contribution in [1.29, 1.82) is 0 Å². The predicted octanol–water partition coefficient (Wildman–Crippen LogP) is 0.494. The van der Waals surface area contributed by atoms with Gasteiger partial charge in [0.15, 0.2) is 9.84 Å². The van der Waals surface area contributed by atoms with Crippen LogP contribution < -0.4 is 11.1 Å². The zero-order chi connectivity index (χ0) is 14.0. The standard InChI is InChI=1S/C13H16N2O3S/c1-9-6-10(13(14)16)2-3-11(9)7-15-12-4-5-19(17,18)8-12/h2-6,12,15H,7-8H2,1H3,(H2,14,16). The lowest BCUT2D eigenvalue weighted by Gasteiger charge is -2.12. The molecule has 102 valence electrons. The first-order chi connectivity index (χ1) is 8.87. The Morgan fingerprint density at radius 2 is 2.21 bits per heavy atom. The van der Waals surface area contributed by atoms with Crippen molar-refractivity contribution in [1.82, 2.24) is 5.32 Å². The van der Waals surface area contributed by atoms with Gasteiger partial charge in [0.05, 0.1) is 5.75 Å². The first-order valence-corrected chi connectivity index (χ1v) is 7.62. The van der Waals surface area contributed by atoms with Gasteiger partial charge in [-0.05, 0) is 30.2 Å². The molecular weight excluding hydrogens is 264 g/mol. The molecule has 1 amide bonds. The van der Waals surface area contributed by atoms with Crippen molar-refractivity contribution >= 4 is 15.7 Å². The maximum atomic E-state index is 11.3. The number of sulfone groups is 1. The van der Waals surface area contributed by atoms with Gasteiger partial charge in [0.25, 0.3) is 0 Å². The van der Waals surface area contributed by atoms with E-state index in [1.165, 1.54) is 5.41 Å². The molecule has 6 heteroatoms. The summed E-state index contributed by atoms with van der Waals surface area (Å²) < 4.78 is 22.5. The summed E-state index contributed by atoms with van der Waals surface area (Å²) in [5, 5.41) is 4.40. The minimum absolute atomic E-state index is 0.103. The largest absolute Gasteiger partial charge is 0.366 e. The molecule has 0 saturated carbocycles. The van der Waals surface area contributed by atoms with E-state index < -0.39 is 15.7 Å². The third kappa shape index (κ3) is 3.42. The number of rotatable bonds is 4. The molecule has 0 aromatic heterocycles. The van der Waals surface area contributed by atoms with E-state index in [1.807, 2.05) is 13.0 Å². The van der Waals surface area contributed by atoms with Crippen LogP contribution >= 0.6 is 0 Å². The van der Waals surface area contributed by atoms with Crippen molar-refractivity contribution in [3.8, 4) is 0 Å². The maximum Gasteiger partial charge on any atom is 0.248 e. The molecule has 1 aromatic rings. The average molecular weight is 280 g/mol. The van der Waals surface area contributed by atoms with Crippen LogP contribution in [0.5, 0.6) is 0 Å². The molecule has 0 spiro atoms. The Labute approximate surface area is 112 Å². The van der Waals surface area contributed by atoms with Crippen LogP contribution in [0, 0.1) is 6.92 Å². The summed E-state index contributed by atoms with van der Waals surface area (Å²) in [4.78, 5) is 11.0. The minimum Gasteiger partial charge on any atom is -0.366 e. The smallest absolute Gasteiger partial charge is 0.248 e. The Hall–Kier alpha value is -1.66. The molecule has 1 aliphatic heterocycles. The molecular formula is C13H16N2O3S. The van der Waals surface area contributed by atoms with E-state index in [1.54, 1.807) is 18.2 Å². The molecule has 1 aromatic carbocycles. The molecule has 0 saturated heterocycles. The number of nitrogens with one attached hydrogen (secondary N) is 1. The molecule has 1 heterocycles. The SMILES string of the molecule is Cc1cc(C(N)=O)ccc1CNC1C=CS(=O)(=O)C1. The fourth-order valence-electron chi connectivity index (χ4n) is 1.99. The fourth-order valence-corrected chi connectivity index (χ4v) is 3.26. The Balaban J connectivity index is 2.01. The quantitative estimate of drug-likeness (QED) is 0.840. The number of benzene rings is 1. The van der Waals surface area contributed by atoms with Gasteiger partial charge in [-0.3, -0.25) is 4.79 Å². The van der Waals surface area contributed by atoms with Crippen LogP contribution in [-0.4, -0.2) is 26.1 Å². The van der Waals surface area contributed by atoms with Gasteiger partial charge in [-0.25, -0.2) is 8.42 Å². The van der Waals surface area contributed by atoms with E-state index in [9.17, 15) is 13.2 Å². The van der Waals surface area contributed by atoms with Crippen molar-refractivity contribution in [2.24, 2.45) is 5.73 Å². The highest BCUT2D eigenvalue weighted by atomic mass is 32.2. The third-order valence-corrected chi connectivity index (χ3v) is 4.51.